The number of rotatable bonds is 18. The summed E-state index contributed by atoms with van der Waals surface area (Å²) in [5, 5.41) is 25.8. The second kappa shape index (κ2) is 22.7. The summed E-state index contributed by atoms with van der Waals surface area (Å²) in [5.41, 5.74) is 3.33. The number of anilines is 2. The van der Waals surface area contributed by atoms with Crippen LogP contribution in [-0.4, -0.2) is 109 Å². The van der Waals surface area contributed by atoms with E-state index in [2.05, 4.69) is 72.8 Å². The minimum absolute atomic E-state index is 0.0109. The van der Waals surface area contributed by atoms with Crippen LogP contribution in [-0.2, 0) is 16.6 Å². The Labute approximate surface area is 457 Å². The molecular weight excluding hydrogens is 1040 g/mol. The lowest BCUT2D eigenvalue weighted by atomic mass is 9.59. The molecule has 10 rings (SSSR count). The summed E-state index contributed by atoms with van der Waals surface area (Å²) in [6.07, 6.45) is 9.07. The molecule has 1 atom stereocenters. The minimum Gasteiger partial charge on any atom is -0.493 e. The van der Waals surface area contributed by atoms with E-state index >= 15 is 0 Å². The van der Waals surface area contributed by atoms with Crippen molar-refractivity contribution in [2.75, 3.05) is 56.6 Å². The fourth-order valence-corrected chi connectivity index (χ4v) is 13.2. The normalized spacial score (nSPS) is 21.1. The first-order valence-corrected chi connectivity index (χ1v) is 28.4. The first kappa shape index (κ1) is 55.4. The molecule has 2 aliphatic carbocycles. The number of aromatic amines is 1. The van der Waals surface area contributed by atoms with Gasteiger partial charge in [-0.1, -0.05) is 44.2 Å². The van der Waals surface area contributed by atoms with Gasteiger partial charge in [-0.15, -0.1) is 0 Å². The highest BCUT2D eigenvalue weighted by atomic mass is 32.2. The number of carbonyl (C=O) groups is 1. The molecule has 21 heteroatoms. The molecule has 4 heterocycles. The third-order valence-electron chi connectivity index (χ3n) is 16.7. The van der Waals surface area contributed by atoms with Gasteiger partial charge in [0.1, 0.15) is 28.7 Å². The second-order valence-electron chi connectivity index (χ2n) is 22.4. The van der Waals surface area contributed by atoms with Crippen LogP contribution in [0.15, 0.2) is 102 Å². The van der Waals surface area contributed by atoms with Crippen molar-refractivity contribution in [3.63, 3.8) is 0 Å². The van der Waals surface area contributed by atoms with E-state index in [4.69, 9.17) is 14.2 Å². The van der Waals surface area contributed by atoms with Crippen LogP contribution in [0, 0.1) is 27.3 Å². The number of nitro benzene ring substituents is 1. The van der Waals surface area contributed by atoms with Crippen molar-refractivity contribution in [1.82, 2.24) is 24.5 Å². The molecule has 4 aliphatic rings. The van der Waals surface area contributed by atoms with E-state index < -0.39 is 49.5 Å². The third-order valence-corrected chi connectivity index (χ3v) is 18.0. The molecule has 1 unspecified atom stereocenters. The van der Waals surface area contributed by atoms with Gasteiger partial charge in [-0.3, -0.25) is 24.7 Å². The molecule has 1 spiro atoms. The molecule has 4 N–H and O–H groups in total. The van der Waals surface area contributed by atoms with Crippen molar-refractivity contribution in [2.45, 2.75) is 114 Å². The highest BCUT2D eigenvalue weighted by Crippen LogP contribution is 2.53. The number of H-pyrrole nitrogens is 1. The zero-order valence-corrected chi connectivity index (χ0v) is 45.5. The molecule has 4 fully saturated rings. The highest BCUT2D eigenvalue weighted by Gasteiger charge is 2.50. The number of pyridine rings is 1. The Balaban J connectivity index is 0.836. The van der Waals surface area contributed by atoms with Gasteiger partial charge in [-0.2, -0.15) is 8.78 Å². The number of piperazine rings is 1. The van der Waals surface area contributed by atoms with Crippen LogP contribution in [0.4, 0.5) is 30.2 Å². The molecule has 0 bridgehead atoms. The Kier molecular flexibility index (Phi) is 15.9. The van der Waals surface area contributed by atoms with Crippen LogP contribution >= 0.6 is 0 Å². The van der Waals surface area contributed by atoms with Crippen molar-refractivity contribution >= 4 is 44.0 Å². The van der Waals surface area contributed by atoms with Crippen molar-refractivity contribution < 1.29 is 50.6 Å². The average Bonchev–Trinajstić information content (AvgIpc) is 3.93. The number of amides is 1. The molecule has 79 heavy (non-hydrogen) atoms. The molecule has 2 saturated heterocycles. The lowest BCUT2D eigenvalue weighted by molar-refractivity contribution is -0.384. The number of aromatic nitrogens is 2. The number of ether oxygens (including phenoxy) is 3. The zero-order chi connectivity index (χ0) is 55.8. The Morgan fingerprint density at radius 1 is 0.949 bits per heavy atom. The number of piperidine rings is 1. The molecule has 1 amide bonds. The Morgan fingerprint density at radius 2 is 1.71 bits per heavy atom. The monoisotopic (exact) mass is 1110 g/mol. The number of carbonyl (C=O) groups excluding carboxylic acids is 1. The number of aliphatic hydroxyl groups is 1. The topological polar surface area (TPSA) is 205 Å². The number of halogens is 3. The second-order valence-corrected chi connectivity index (χ2v) is 24.0. The van der Waals surface area contributed by atoms with E-state index in [9.17, 15) is 41.6 Å². The molecular formula is C58H67F3N8O9S. The van der Waals surface area contributed by atoms with Crippen LogP contribution in [0.3, 0.4) is 0 Å². The first-order valence-electron chi connectivity index (χ1n) is 27.0. The van der Waals surface area contributed by atoms with E-state index in [0.29, 0.717) is 51.0 Å². The highest BCUT2D eigenvalue weighted by molar-refractivity contribution is 7.90. The van der Waals surface area contributed by atoms with Gasteiger partial charge in [0.25, 0.3) is 21.6 Å². The molecule has 2 aliphatic heterocycles. The molecule has 0 radical (unpaired) electrons. The number of nitrogens with zero attached hydrogens (tertiary/aromatic N) is 5. The third kappa shape index (κ3) is 12.3. The van der Waals surface area contributed by atoms with Crippen LogP contribution in [0.5, 0.6) is 23.0 Å². The summed E-state index contributed by atoms with van der Waals surface area (Å²) < 4.78 is 87.6. The fourth-order valence-electron chi connectivity index (χ4n) is 12.2. The molecule has 17 nitrogen and oxygen atoms in total. The summed E-state index contributed by atoms with van der Waals surface area (Å²) >= 11 is 0. The first-order chi connectivity index (χ1) is 37.8. The van der Waals surface area contributed by atoms with Gasteiger partial charge in [-0.25, -0.2) is 22.5 Å². The number of benzene rings is 4. The number of methoxy groups -OCH3 is 1. The van der Waals surface area contributed by atoms with Gasteiger partial charge in [0.05, 0.1) is 39.7 Å². The standard InChI is InChI=1S/C58H67F3N8O9S/c1-36(2)43-7-5-6-8-44(43)50-35-66(34-38-9-14-51(76-4)53(25-38)78-56(60)61)23-24-68(50)40-29-58(30-40)19-21-67(22-20-58)39-10-12-45(52(26-39)77-41-27-46-47(59)33-64-54(46)63-32-41)55(70)65-79(74,75)42-11-13-48(49(28-42)69(72)73)62-31-37-15-17-57(3,71)18-16-37/h5-14,25-28,32-33,36-37,40,50,56,62,71H,15-24,29-31,34-35H2,1-4H3,(H,63,64)(H,65,70). The number of fused-ring (bicyclic) bond motifs is 1. The SMILES string of the molecule is COc1ccc(CN2CCN(C3CC4(CCN(c5ccc(C(=O)NS(=O)(=O)c6ccc(NCC7CCC(C)(O)CC7)c([N+](=O)[O-])c6)c(Oc6cnc7[nH]cc(F)c7c6)c5)CC4)C3)C(c3ccccc3C(C)C)C2)cc1OC(F)F. The van der Waals surface area contributed by atoms with E-state index in [0.717, 1.165) is 75.5 Å². The van der Waals surface area contributed by atoms with Crippen molar-refractivity contribution in [3.05, 3.63) is 136 Å². The lowest BCUT2D eigenvalue weighted by Crippen LogP contribution is -2.60. The van der Waals surface area contributed by atoms with E-state index in [1.165, 1.54) is 54.9 Å². The van der Waals surface area contributed by atoms with Crippen LogP contribution < -0.4 is 29.1 Å². The summed E-state index contributed by atoms with van der Waals surface area (Å²) in [6, 6.07) is 24.0. The average molecular weight is 1110 g/mol. The largest absolute Gasteiger partial charge is 0.493 e. The maximum atomic E-state index is 14.8. The number of nitrogens with one attached hydrogen (secondary N) is 3. The van der Waals surface area contributed by atoms with E-state index in [-0.39, 0.29) is 62.7 Å². The Hall–Kier alpha value is -6.94. The van der Waals surface area contributed by atoms with Gasteiger partial charge < -0.3 is 34.5 Å². The van der Waals surface area contributed by atoms with Crippen molar-refractivity contribution in [3.8, 4) is 23.0 Å². The van der Waals surface area contributed by atoms with Gasteiger partial charge in [-0.05, 0) is 135 Å². The maximum absolute atomic E-state index is 14.8. The maximum Gasteiger partial charge on any atom is 0.387 e. The Morgan fingerprint density at radius 3 is 2.43 bits per heavy atom. The predicted octanol–water partition coefficient (Wildman–Crippen LogP) is 10.9. The summed E-state index contributed by atoms with van der Waals surface area (Å²) in [6.45, 7) is 7.99. The summed E-state index contributed by atoms with van der Waals surface area (Å²) in [5.74, 6) is -0.795. The molecule has 2 saturated carbocycles. The quantitative estimate of drug-likeness (QED) is 0.0467. The van der Waals surface area contributed by atoms with Crippen LogP contribution in [0.2, 0.25) is 0 Å². The van der Waals surface area contributed by atoms with Gasteiger partial charge in [0, 0.05) is 81.9 Å². The smallest absolute Gasteiger partial charge is 0.387 e. The molecule has 420 valence electrons. The molecule has 6 aromatic rings. The van der Waals surface area contributed by atoms with E-state index in [1.54, 1.807) is 31.2 Å². The number of sulfonamides is 1. The lowest BCUT2D eigenvalue weighted by Gasteiger charge is -2.58. The van der Waals surface area contributed by atoms with Crippen LogP contribution in [0.1, 0.15) is 111 Å². The van der Waals surface area contributed by atoms with Gasteiger partial charge >= 0.3 is 6.61 Å². The molecule has 4 aromatic carbocycles. The van der Waals surface area contributed by atoms with Crippen molar-refractivity contribution in [1.29, 1.82) is 0 Å². The summed E-state index contributed by atoms with van der Waals surface area (Å²) in [4.78, 5) is 39.5. The van der Waals surface area contributed by atoms with Crippen molar-refractivity contribution in [2.24, 2.45) is 11.3 Å². The number of hydrogen-bond acceptors (Lipinski definition) is 14. The number of nitro groups is 1. The minimum atomic E-state index is -4.67. The van der Waals surface area contributed by atoms with Gasteiger partial charge in [0.15, 0.2) is 11.5 Å². The predicted molar refractivity (Wildman–Crippen MR) is 293 cm³/mol. The number of alkyl halides is 2. The van der Waals surface area contributed by atoms with Crippen LogP contribution in [0.25, 0.3) is 11.0 Å². The Bertz CT molecular complexity index is 3320. The number of hydrogen-bond donors (Lipinski definition) is 4. The summed E-state index contributed by atoms with van der Waals surface area (Å²) in [7, 11) is -3.25. The molecule has 2 aromatic heterocycles. The van der Waals surface area contributed by atoms with E-state index in [1.807, 2.05) is 6.07 Å². The van der Waals surface area contributed by atoms with Gasteiger partial charge in [0.2, 0.25) is 0 Å². The zero-order valence-electron chi connectivity index (χ0n) is 44.7. The fraction of sp³-hybridized carbons (Fsp3) is 0.448.